The van der Waals surface area contributed by atoms with E-state index in [0.717, 1.165) is 54.5 Å². The molecule has 0 aliphatic carbocycles. The Morgan fingerprint density at radius 3 is 2.19 bits per heavy atom. The number of aldehydes is 1. The maximum Gasteiger partial charge on any atom is 0.151 e. The lowest BCUT2D eigenvalue weighted by Gasteiger charge is -2.12. The van der Waals surface area contributed by atoms with E-state index in [1.54, 1.807) is 6.07 Å². The monoisotopic (exact) mass is 432 g/mol. The zero-order valence-electron chi connectivity index (χ0n) is 17.8. The van der Waals surface area contributed by atoms with Gasteiger partial charge in [-0.2, -0.15) is 0 Å². The minimum atomic E-state index is -0.768. The molecule has 4 aromatic carbocycles. The Bertz CT molecular complexity index is 1270. The van der Waals surface area contributed by atoms with E-state index in [1.807, 2.05) is 24.3 Å². The third-order valence-corrected chi connectivity index (χ3v) is 5.77. The van der Waals surface area contributed by atoms with Crippen LogP contribution >= 0.6 is 0 Å². The van der Waals surface area contributed by atoms with Gasteiger partial charge in [0, 0.05) is 17.2 Å². The fraction of sp³-hybridized carbons (Fsp3) is 0.179. The number of fused-ring (bicyclic) bond motifs is 1. The van der Waals surface area contributed by atoms with Gasteiger partial charge in [0.25, 0.3) is 0 Å². The molecule has 4 aromatic rings. The van der Waals surface area contributed by atoms with E-state index < -0.39 is 17.5 Å². The van der Waals surface area contributed by atoms with Gasteiger partial charge in [-0.25, -0.2) is 13.2 Å². The number of halogens is 3. The summed E-state index contributed by atoms with van der Waals surface area (Å²) in [5, 5.41) is 1.78. The second-order valence-corrected chi connectivity index (χ2v) is 8.01. The van der Waals surface area contributed by atoms with Crippen molar-refractivity contribution >= 4 is 17.1 Å². The third kappa shape index (κ3) is 4.45. The summed E-state index contributed by atoms with van der Waals surface area (Å²) in [6.07, 6.45) is 5.26. The van der Waals surface area contributed by atoms with Crippen molar-refractivity contribution in [2.75, 3.05) is 0 Å². The molecule has 0 aromatic heterocycles. The zero-order chi connectivity index (χ0) is 22.7. The Hall–Kier alpha value is -3.40. The quantitative estimate of drug-likeness (QED) is 0.213. The second-order valence-electron chi connectivity index (χ2n) is 8.01. The van der Waals surface area contributed by atoms with Gasteiger partial charge >= 0.3 is 0 Å². The molecule has 0 bridgehead atoms. The number of unbranched alkanes of at least 4 members (excludes halogenated alkanes) is 2. The smallest absolute Gasteiger partial charge is 0.151 e. The molecule has 0 saturated heterocycles. The van der Waals surface area contributed by atoms with Crippen LogP contribution in [0.15, 0.2) is 66.7 Å². The molecule has 0 heterocycles. The lowest BCUT2D eigenvalue weighted by molar-refractivity contribution is 0.112. The highest BCUT2D eigenvalue weighted by Gasteiger charge is 2.14. The number of benzene rings is 4. The molecule has 0 amide bonds. The largest absolute Gasteiger partial charge is 0.298 e. The molecule has 0 fully saturated rings. The summed E-state index contributed by atoms with van der Waals surface area (Å²) in [6, 6.07) is 17.2. The van der Waals surface area contributed by atoms with Crippen LogP contribution in [0.3, 0.4) is 0 Å². The standard InChI is InChI=1S/C28H23F3O/c1-2-3-4-5-18-6-9-24-19(12-18)7-10-25(27(24)17-32)20-8-11-26(28(31)15-20)21-13-22(29)16-23(30)14-21/h6-17H,2-5H2,1H3. The van der Waals surface area contributed by atoms with Gasteiger partial charge in [-0.1, -0.05) is 62.2 Å². The van der Waals surface area contributed by atoms with E-state index in [-0.39, 0.29) is 11.1 Å². The molecular formula is C28H23F3O. The van der Waals surface area contributed by atoms with Crippen LogP contribution in [0.25, 0.3) is 33.0 Å². The van der Waals surface area contributed by atoms with Crippen LogP contribution in [-0.2, 0) is 6.42 Å². The molecule has 0 unspecified atom stereocenters. The van der Waals surface area contributed by atoms with Crippen LogP contribution < -0.4 is 0 Å². The summed E-state index contributed by atoms with van der Waals surface area (Å²) in [5.41, 5.74) is 3.08. The topological polar surface area (TPSA) is 17.1 Å². The van der Waals surface area contributed by atoms with Gasteiger partial charge in [0.1, 0.15) is 17.5 Å². The van der Waals surface area contributed by atoms with Crippen molar-refractivity contribution < 1.29 is 18.0 Å². The molecule has 0 N–H and O–H groups in total. The van der Waals surface area contributed by atoms with Crippen LogP contribution in [0.2, 0.25) is 0 Å². The molecule has 162 valence electrons. The van der Waals surface area contributed by atoms with Gasteiger partial charge in [0.15, 0.2) is 6.29 Å². The van der Waals surface area contributed by atoms with E-state index >= 15 is 0 Å². The first-order valence-electron chi connectivity index (χ1n) is 10.8. The van der Waals surface area contributed by atoms with Crippen LogP contribution in [0, 0.1) is 17.5 Å². The molecule has 4 heteroatoms. The van der Waals surface area contributed by atoms with Crippen LogP contribution in [-0.4, -0.2) is 6.29 Å². The molecule has 0 atom stereocenters. The number of hydrogen-bond donors (Lipinski definition) is 0. The van der Waals surface area contributed by atoms with E-state index in [9.17, 15) is 18.0 Å². The molecule has 1 nitrogen and oxygen atoms in total. The van der Waals surface area contributed by atoms with E-state index in [4.69, 9.17) is 0 Å². The summed E-state index contributed by atoms with van der Waals surface area (Å²) in [6.45, 7) is 2.17. The first-order valence-corrected chi connectivity index (χ1v) is 10.8. The van der Waals surface area contributed by atoms with E-state index in [1.165, 1.54) is 24.1 Å². The highest BCUT2D eigenvalue weighted by atomic mass is 19.1. The average Bonchev–Trinajstić information content (AvgIpc) is 2.77. The fourth-order valence-electron chi connectivity index (χ4n) is 4.14. The Balaban J connectivity index is 1.73. The molecule has 0 radical (unpaired) electrons. The van der Waals surface area contributed by atoms with Gasteiger partial charge in [0.2, 0.25) is 0 Å². The van der Waals surface area contributed by atoms with Gasteiger partial charge in [-0.15, -0.1) is 0 Å². The summed E-state index contributed by atoms with van der Waals surface area (Å²) < 4.78 is 42.0. The summed E-state index contributed by atoms with van der Waals surface area (Å²) in [5.74, 6) is -2.15. The first kappa shape index (κ1) is 21.8. The molecule has 4 rings (SSSR count). The van der Waals surface area contributed by atoms with Gasteiger partial charge in [-0.05, 0) is 64.1 Å². The lowest BCUT2D eigenvalue weighted by atomic mass is 9.92. The number of hydrogen-bond acceptors (Lipinski definition) is 1. The number of aryl methyl sites for hydroxylation is 1. The summed E-state index contributed by atoms with van der Waals surface area (Å²) >= 11 is 0. The maximum atomic E-state index is 14.9. The lowest BCUT2D eigenvalue weighted by Crippen LogP contribution is -1.94. The van der Waals surface area contributed by atoms with Crippen LogP contribution in [0.4, 0.5) is 13.2 Å². The normalized spacial score (nSPS) is 11.1. The number of rotatable bonds is 7. The Morgan fingerprint density at radius 2 is 1.50 bits per heavy atom. The molecule has 32 heavy (non-hydrogen) atoms. The third-order valence-electron chi connectivity index (χ3n) is 5.77. The SMILES string of the molecule is CCCCCc1ccc2c(C=O)c(-c3ccc(-c4cc(F)cc(F)c4)c(F)c3)ccc2c1. The summed E-state index contributed by atoms with van der Waals surface area (Å²) in [4.78, 5) is 12.0. The van der Waals surface area contributed by atoms with Crippen LogP contribution in [0.5, 0.6) is 0 Å². The molecule has 0 saturated carbocycles. The van der Waals surface area contributed by atoms with Crippen molar-refractivity contribution in [2.45, 2.75) is 32.6 Å². The Kier molecular flexibility index (Phi) is 6.40. The minimum Gasteiger partial charge on any atom is -0.298 e. The van der Waals surface area contributed by atoms with Crippen molar-refractivity contribution in [1.29, 1.82) is 0 Å². The van der Waals surface area contributed by atoms with Crippen molar-refractivity contribution in [2.24, 2.45) is 0 Å². The Labute approximate surface area is 185 Å². The van der Waals surface area contributed by atoms with Gasteiger partial charge in [-0.3, -0.25) is 4.79 Å². The predicted octanol–water partition coefficient (Wildman–Crippen LogP) is 8.14. The summed E-state index contributed by atoms with van der Waals surface area (Å²) in [7, 11) is 0. The zero-order valence-corrected chi connectivity index (χ0v) is 17.8. The van der Waals surface area contributed by atoms with Gasteiger partial charge in [0.05, 0.1) is 0 Å². The maximum absolute atomic E-state index is 14.9. The first-order chi connectivity index (χ1) is 15.5. The van der Waals surface area contributed by atoms with Crippen molar-refractivity contribution in [3.05, 3.63) is 95.3 Å². The highest BCUT2D eigenvalue weighted by Crippen LogP contribution is 2.33. The number of carbonyl (C=O) groups excluding carboxylic acids is 1. The molecule has 0 spiro atoms. The molecular weight excluding hydrogens is 409 g/mol. The molecule has 0 aliphatic heterocycles. The number of carbonyl (C=O) groups is 1. The van der Waals surface area contributed by atoms with E-state index in [2.05, 4.69) is 13.0 Å². The predicted molar refractivity (Wildman–Crippen MR) is 123 cm³/mol. The second kappa shape index (κ2) is 9.39. The fourth-order valence-corrected chi connectivity index (χ4v) is 4.14. The van der Waals surface area contributed by atoms with Crippen molar-refractivity contribution in [1.82, 2.24) is 0 Å². The minimum absolute atomic E-state index is 0.0947. The molecule has 0 aliphatic rings. The highest BCUT2D eigenvalue weighted by molar-refractivity contribution is 6.04. The van der Waals surface area contributed by atoms with E-state index in [0.29, 0.717) is 16.7 Å². The van der Waals surface area contributed by atoms with Gasteiger partial charge < -0.3 is 0 Å². The average molecular weight is 432 g/mol. The Morgan fingerprint density at radius 1 is 0.750 bits per heavy atom. The van der Waals surface area contributed by atoms with Crippen LogP contribution in [0.1, 0.15) is 42.1 Å². The van der Waals surface area contributed by atoms with Crippen molar-refractivity contribution in [3.63, 3.8) is 0 Å². The van der Waals surface area contributed by atoms with Crippen molar-refractivity contribution in [3.8, 4) is 22.3 Å².